The van der Waals surface area contributed by atoms with Gasteiger partial charge in [0.1, 0.15) is 0 Å². The van der Waals surface area contributed by atoms with Crippen LogP contribution >= 0.6 is 0 Å². The highest BCUT2D eigenvalue weighted by atomic mass is 16.5. The van der Waals surface area contributed by atoms with Crippen LogP contribution in [0, 0.1) is 11.8 Å². The van der Waals surface area contributed by atoms with Crippen molar-refractivity contribution in [3.63, 3.8) is 0 Å². The summed E-state index contributed by atoms with van der Waals surface area (Å²) in [5.74, 6) is 1.86. The molecule has 0 amide bonds. The molecule has 1 N–H and O–H groups in total. The number of likely N-dealkylation sites (N-methyl/N-ethyl adjacent to an activating group) is 1. The Morgan fingerprint density at radius 3 is 2.88 bits per heavy atom. The first-order valence-electron chi connectivity index (χ1n) is 7.32. The maximum atomic E-state index is 5.79. The number of hydrogen-bond donors (Lipinski definition) is 1. The van der Waals surface area contributed by atoms with Crippen molar-refractivity contribution in [3.05, 3.63) is 0 Å². The Labute approximate surface area is 106 Å². The molecule has 0 spiro atoms. The predicted molar refractivity (Wildman–Crippen MR) is 71.2 cm³/mol. The van der Waals surface area contributed by atoms with E-state index in [0.29, 0.717) is 6.10 Å². The Hall–Kier alpha value is -0.120. The molecular weight excluding hydrogens is 212 g/mol. The van der Waals surface area contributed by atoms with Crippen LogP contribution in [0.5, 0.6) is 0 Å². The fourth-order valence-electron chi connectivity index (χ4n) is 3.15. The molecule has 0 radical (unpaired) electrons. The first-order valence-corrected chi connectivity index (χ1v) is 7.32. The summed E-state index contributed by atoms with van der Waals surface area (Å²) in [6.07, 6.45) is 4.67. The summed E-state index contributed by atoms with van der Waals surface area (Å²) < 4.78 is 5.79. The van der Waals surface area contributed by atoms with Gasteiger partial charge < -0.3 is 10.1 Å². The smallest absolute Gasteiger partial charge is 0.0826 e. The fourth-order valence-corrected chi connectivity index (χ4v) is 3.15. The summed E-state index contributed by atoms with van der Waals surface area (Å²) in [6, 6.07) is 0. The number of rotatable bonds is 5. The highest BCUT2D eigenvalue weighted by Crippen LogP contribution is 2.29. The molecule has 1 saturated heterocycles. The van der Waals surface area contributed by atoms with Crippen molar-refractivity contribution in [1.82, 2.24) is 10.2 Å². The maximum Gasteiger partial charge on any atom is 0.0826 e. The zero-order valence-corrected chi connectivity index (χ0v) is 11.5. The van der Waals surface area contributed by atoms with Crippen LogP contribution in [0.25, 0.3) is 0 Å². The molecule has 3 atom stereocenters. The van der Waals surface area contributed by atoms with Gasteiger partial charge in [0.05, 0.1) is 12.7 Å². The zero-order chi connectivity index (χ0) is 12.1. The molecule has 3 heteroatoms. The van der Waals surface area contributed by atoms with E-state index in [2.05, 4.69) is 24.1 Å². The number of nitrogens with zero attached hydrogens (tertiary/aromatic N) is 1. The molecule has 1 aliphatic carbocycles. The van der Waals surface area contributed by atoms with Crippen molar-refractivity contribution in [1.29, 1.82) is 0 Å². The molecule has 2 aliphatic rings. The molecule has 2 rings (SSSR count). The zero-order valence-electron chi connectivity index (χ0n) is 11.5. The fraction of sp³-hybridized carbons (Fsp3) is 1.00. The van der Waals surface area contributed by atoms with Gasteiger partial charge in [-0.3, -0.25) is 4.90 Å². The summed E-state index contributed by atoms with van der Waals surface area (Å²) in [5, 5.41) is 3.61. The van der Waals surface area contributed by atoms with E-state index in [9.17, 15) is 0 Å². The van der Waals surface area contributed by atoms with Gasteiger partial charge in [-0.15, -0.1) is 0 Å². The maximum absolute atomic E-state index is 5.79. The van der Waals surface area contributed by atoms with Crippen LogP contribution in [-0.4, -0.2) is 50.3 Å². The van der Waals surface area contributed by atoms with Crippen molar-refractivity contribution in [2.75, 3.05) is 39.3 Å². The van der Waals surface area contributed by atoms with Crippen molar-refractivity contribution >= 4 is 0 Å². The average molecular weight is 240 g/mol. The number of morpholine rings is 1. The minimum absolute atomic E-state index is 0.405. The minimum Gasteiger partial charge on any atom is -0.374 e. The van der Waals surface area contributed by atoms with Crippen LogP contribution in [0.15, 0.2) is 0 Å². The molecule has 0 aromatic rings. The Morgan fingerprint density at radius 1 is 1.29 bits per heavy atom. The molecule has 3 unspecified atom stereocenters. The minimum atomic E-state index is 0.405. The van der Waals surface area contributed by atoms with E-state index in [1.165, 1.54) is 25.8 Å². The van der Waals surface area contributed by atoms with Crippen molar-refractivity contribution in [2.45, 2.75) is 39.2 Å². The van der Waals surface area contributed by atoms with Crippen LogP contribution in [0.2, 0.25) is 0 Å². The van der Waals surface area contributed by atoms with Crippen LogP contribution in [-0.2, 0) is 4.74 Å². The molecule has 1 aliphatic heterocycles. The van der Waals surface area contributed by atoms with Gasteiger partial charge in [0.2, 0.25) is 0 Å². The third-order valence-corrected chi connectivity index (χ3v) is 4.28. The molecule has 0 bridgehead atoms. The molecule has 0 aromatic carbocycles. The normalized spacial score (nSPS) is 35.3. The SMILES string of the molecule is CCN1CCOC(CNCC2CCC(C)C2)C1. The van der Waals surface area contributed by atoms with E-state index < -0.39 is 0 Å². The topological polar surface area (TPSA) is 24.5 Å². The molecule has 100 valence electrons. The second-order valence-corrected chi connectivity index (χ2v) is 5.83. The van der Waals surface area contributed by atoms with Crippen molar-refractivity contribution in [2.24, 2.45) is 11.8 Å². The third kappa shape index (κ3) is 4.23. The molecule has 2 fully saturated rings. The largest absolute Gasteiger partial charge is 0.374 e. The van der Waals surface area contributed by atoms with Crippen LogP contribution < -0.4 is 5.32 Å². The van der Waals surface area contributed by atoms with Crippen molar-refractivity contribution in [3.8, 4) is 0 Å². The van der Waals surface area contributed by atoms with E-state index in [-0.39, 0.29) is 0 Å². The van der Waals surface area contributed by atoms with E-state index in [4.69, 9.17) is 4.74 Å². The average Bonchev–Trinajstić information content (AvgIpc) is 2.75. The molecule has 1 saturated carbocycles. The van der Waals surface area contributed by atoms with E-state index in [1.54, 1.807) is 0 Å². The third-order valence-electron chi connectivity index (χ3n) is 4.28. The van der Waals surface area contributed by atoms with Gasteiger partial charge in [-0.2, -0.15) is 0 Å². The number of hydrogen-bond acceptors (Lipinski definition) is 3. The highest BCUT2D eigenvalue weighted by Gasteiger charge is 2.22. The van der Waals surface area contributed by atoms with Gasteiger partial charge in [-0.05, 0) is 37.8 Å². The lowest BCUT2D eigenvalue weighted by atomic mass is 10.1. The number of nitrogens with one attached hydrogen (secondary N) is 1. The van der Waals surface area contributed by atoms with Gasteiger partial charge in [-0.1, -0.05) is 20.3 Å². The summed E-state index contributed by atoms with van der Waals surface area (Å²) in [5.41, 5.74) is 0. The second-order valence-electron chi connectivity index (χ2n) is 5.83. The van der Waals surface area contributed by atoms with Crippen LogP contribution in [0.4, 0.5) is 0 Å². The van der Waals surface area contributed by atoms with Gasteiger partial charge in [0.15, 0.2) is 0 Å². The van der Waals surface area contributed by atoms with Crippen molar-refractivity contribution < 1.29 is 4.74 Å². The Kier molecular flexibility index (Phi) is 5.26. The van der Waals surface area contributed by atoms with E-state index in [0.717, 1.165) is 44.6 Å². The standard InChI is InChI=1S/C14H28N2O/c1-3-16-6-7-17-14(11-16)10-15-9-13-5-4-12(2)8-13/h12-15H,3-11H2,1-2H3. The van der Waals surface area contributed by atoms with Gasteiger partial charge in [-0.25, -0.2) is 0 Å². The lowest BCUT2D eigenvalue weighted by Gasteiger charge is -2.32. The number of ether oxygens (including phenoxy) is 1. The lowest BCUT2D eigenvalue weighted by molar-refractivity contribution is -0.0255. The predicted octanol–water partition coefficient (Wildman–Crippen LogP) is 1.73. The quantitative estimate of drug-likeness (QED) is 0.792. The molecular formula is C14H28N2O. The van der Waals surface area contributed by atoms with E-state index >= 15 is 0 Å². The second kappa shape index (κ2) is 6.72. The highest BCUT2D eigenvalue weighted by molar-refractivity contribution is 4.77. The van der Waals surface area contributed by atoms with E-state index in [1.807, 2.05) is 0 Å². The first-order chi connectivity index (χ1) is 8.28. The summed E-state index contributed by atoms with van der Waals surface area (Å²) in [7, 11) is 0. The van der Waals surface area contributed by atoms with Gasteiger partial charge in [0.25, 0.3) is 0 Å². The van der Waals surface area contributed by atoms with Crippen LogP contribution in [0.1, 0.15) is 33.1 Å². The summed E-state index contributed by atoms with van der Waals surface area (Å²) in [6.45, 7) is 11.1. The van der Waals surface area contributed by atoms with Crippen LogP contribution in [0.3, 0.4) is 0 Å². The summed E-state index contributed by atoms with van der Waals surface area (Å²) in [4.78, 5) is 2.48. The monoisotopic (exact) mass is 240 g/mol. The first kappa shape index (κ1) is 13.3. The molecule has 3 nitrogen and oxygen atoms in total. The Bertz CT molecular complexity index is 222. The lowest BCUT2D eigenvalue weighted by Crippen LogP contribution is -2.46. The molecule has 1 heterocycles. The van der Waals surface area contributed by atoms with Gasteiger partial charge in [0, 0.05) is 19.6 Å². The molecule has 17 heavy (non-hydrogen) atoms. The Balaban J connectivity index is 1.58. The Morgan fingerprint density at radius 2 is 2.18 bits per heavy atom. The van der Waals surface area contributed by atoms with Gasteiger partial charge >= 0.3 is 0 Å². The molecule has 0 aromatic heterocycles. The summed E-state index contributed by atoms with van der Waals surface area (Å²) >= 11 is 0.